The molecule has 0 N–H and O–H groups in total. The van der Waals surface area contributed by atoms with Crippen LogP contribution >= 0.6 is 17.0 Å². The standard InChI is InChI=1S/C10H7NO.BrH/c12-7-8-5-9-3-1-2-4-10(9)11-6-8;/h1-7H;1H. The second-order valence-electron chi connectivity index (χ2n) is 2.58. The number of carbonyl (C=O) groups is 1. The van der Waals surface area contributed by atoms with Gasteiger partial charge in [0.2, 0.25) is 0 Å². The Morgan fingerprint density at radius 1 is 1.23 bits per heavy atom. The van der Waals surface area contributed by atoms with E-state index in [1.54, 1.807) is 6.20 Å². The quantitative estimate of drug-likeness (QED) is 0.715. The van der Waals surface area contributed by atoms with Crippen LogP contribution in [-0.2, 0) is 0 Å². The minimum absolute atomic E-state index is 0. The fourth-order valence-electron chi connectivity index (χ4n) is 1.15. The van der Waals surface area contributed by atoms with E-state index in [2.05, 4.69) is 4.98 Å². The zero-order valence-corrected chi connectivity index (χ0v) is 8.52. The van der Waals surface area contributed by atoms with Crippen LogP contribution in [0, 0.1) is 0 Å². The molecule has 0 atom stereocenters. The highest BCUT2D eigenvalue weighted by Gasteiger charge is 1.94. The van der Waals surface area contributed by atoms with Crippen LogP contribution in [0.3, 0.4) is 0 Å². The molecule has 0 saturated heterocycles. The number of pyridine rings is 1. The average molecular weight is 238 g/mol. The summed E-state index contributed by atoms with van der Waals surface area (Å²) in [5.74, 6) is 0. The first-order valence-corrected chi connectivity index (χ1v) is 3.70. The van der Waals surface area contributed by atoms with Gasteiger partial charge in [0.15, 0.2) is 6.29 Å². The van der Waals surface area contributed by atoms with E-state index in [1.807, 2.05) is 30.3 Å². The number of fused-ring (bicyclic) bond motifs is 1. The van der Waals surface area contributed by atoms with E-state index in [-0.39, 0.29) is 17.0 Å². The van der Waals surface area contributed by atoms with Gasteiger partial charge in [0.05, 0.1) is 5.52 Å². The monoisotopic (exact) mass is 237 g/mol. The minimum Gasteiger partial charge on any atom is -0.298 e. The fraction of sp³-hybridized carbons (Fsp3) is 0. The first kappa shape index (κ1) is 9.86. The molecule has 13 heavy (non-hydrogen) atoms. The van der Waals surface area contributed by atoms with E-state index in [9.17, 15) is 4.79 Å². The van der Waals surface area contributed by atoms with Crippen LogP contribution in [0.15, 0.2) is 36.5 Å². The molecule has 0 fully saturated rings. The number of halogens is 1. The molecule has 1 heterocycles. The maximum Gasteiger partial charge on any atom is 0.151 e. The summed E-state index contributed by atoms with van der Waals surface area (Å²) in [6.07, 6.45) is 2.38. The summed E-state index contributed by atoms with van der Waals surface area (Å²) in [6, 6.07) is 9.54. The molecule has 2 aromatic rings. The molecule has 1 aromatic carbocycles. The van der Waals surface area contributed by atoms with Crippen LogP contribution in [0.2, 0.25) is 0 Å². The average Bonchev–Trinajstić information content (AvgIpc) is 2.17. The smallest absolute Gasteiger partial charge is 0.151 e. The van der Waals surface area contributed by atoms with Crippen molar-refractivity contribution >= 4 is 34.2 Å². The molecule has 0 aliphatic carbocycles. The fourth-order valence-corrected chi connectivity index (χ4v) is 1.15. The van der Waals surface area contributed by atoms with Crippen molar-refractivity contribution in [2.45, 2.75) is 0 Å². The number of para-hydroxylation sites is 1. The summed E-state index contributed by atoms with van der Waals surface area (Å²) in [4.78, 5) is 14.5. The third-order valence-electron chi connectivity index (χ3n) is 1.75. The molecule has 0 spiro atoms. The predicted molar refractivity (Wildman–Crippen MR) is 57.5 cm³/mol. The van der Waals surface area contributed by atoms with Crippen molar-refractivity contribution in [3.63, 3.8) is 0 Å². The van der Waals surface area contributed by atoms with Gasteiger partial charge in [-0.15, -0.1) is 17.0 Å². The Morgan fingerprint density at radius 2 is 2.00 bits per heavy atom. The molecule has 0 aliphatic rings. The van der Waals surface area contributed by atoms with Gasteiger partial charge in [-0.25, -0.2) is 0 Å². The molecule has 0 bridgehead atoms. The number of carbonyl (C=O) groups excluding carboxylic acids is 1. The maximum atomic E-state index is 10.4. The predicted octanol–water partition coefficient (Wildman–Crippen LogP) is 2.63. The Bertz CT molecular complexity index is 428. The van der Waals surface area contributed by atoms with Crippen molar-refractivity contribution in [1.82, 2.24) is 4.98 Å². The van der Waals surface area contributed by atoms with Gasteiger partial charge in [0.25, 0.3) is 0 Å². The topological polar surface area (TPSA) is 30.0 Å². The first-order chi connectivity index (χ1) is 5.90. The number of hydrogen-bond acceptors (Lipinski definition) is 2. The van der Waals surface area contributed by atoms with Gasteiger partial charge in [0.1, 0.15) is 0 Å². The normalized spacial score (nSPS) is 9.23. The van der Waals surface area contributed by atoms with Crippen LogP contribution < -0.4 is 0 Å². The molecule has 2 nitrogen and oxygen atoms in total. The van der Waals surface area contributed by atoms with Gasteiger partial charge in [-0.05, 0) is 12.1 Å². The van der Waals surface area contributed by atoms with Gasteiger partial charge in [-0.2, -0.15) is 0 Å². The molecule has 0 aliphatic heterocycles. The Hall–Kier alpha value is -1.22. The number of aromatic nitrogens is 1. The van der Waals surface area contributed by atoms with Gasteiger partial charge in [-0.1, -0.05) is 18.2 Å². The molecule has 0 saturated carbocycles. The molecule has 0 radical (unpaired) electrons. The van der Waals surface area contributed by atoms with Crippen molar-refractivity contribution in [2.24, 2.45) is 0 Å². The zero-order valence-electron chi connectivity index (χ0n) is 6.81. The molecule has 0 unspecified atom stereocenters. The molecular weight excluding hydrogens is 230 g/mol. The molecule has 1 aromatic heterocycles. The lowest BCUT2D eigenvalue weighted by atomic mass is 10.2. The third-order valence-corrected chi connectivity index (χ3v) is 1.75. The van der Waals surface area contributed by atoms with Gasteiger partial charge < -0.3 is 0 Å². The summed E-state index contributed by atoms with van der Waals surface area (Å²) in [5.41, 5.74) is 1.54. The number of benzene rings is 1. The SMILES string of the molecule is Br.O=Cc1cnc2ccccc2c1. The van der Waals surface area contributed by atoms with Crippen molar-refractivity contribution in [3.05, 3.63) is 42.1 Å². The molecule has 66 valence electrons. The largest absolute Gasteiger partial charge is 0.298 e. The Morgan fingerprint density at radius 3 is 2.77 bits per heavy atom. The number of nitrogens with zero attached hydrogens (tertiary/aromatic N) is 1. The Kier molecular flexibility index (Phi) is 3.14. The van der Waals surface area contributed by atoms with E-state index in [0.29, 0.717) is 5.56 Å². The summed E-state index contributed by atoms with van der Waals surface area (Å²) in [7, 11) is 0. The Labute approximate surface area is 86.4 Å². The van der Waals surface area contributed by atoms with Gasteiger partial charge >= 0.3 is 0 Å². The van der Waals surface area contributed by atoms with Gasteiger partial charge in [0, 0.05) is 17.1 Å². The van der Waals surface area contributed by atoms with Crippen molar-refractivity contribution in [1.29, 1.82) is 0 Å². The Balaban J connectivity index is 0.000000845. The summed E-state index contributed by atoms with van der Waals surface area (Å²) in [6.45, 7) is 0. The van der Waals surface area contributed by atoms with E-state index >= 15 is 0 Å². The highest BCUT2D eigenvalue weighted by molar-refractivity contribution is 8.93. The van der Waals surface area contributed by atoms with Crippen LogP contribution in [-0.4, -0.2) is 11.3 Å². The lowest BCUT2D eigenvalue weighted by molar-refractivity contribution is 0.112. The highest BCUT2D eigenvalue weighted by atomic mass is 79.9. The molecule has 0 amide bonds. The minimum atomic E-state index is 0. The summed E-state index contributed by atoms with van der Waals surface area (Å²) in [5, 5.41) is 1.00. The van der Waals surface area contributed by atoms with Crippen LogP contribution in [0.4, 0.5) is 0 Å². The van der Waals surface area contributed by atoms with Crippen molar-refractivity contribution in [3.8, 4) is 0 Å². The van der Waals surface area contributed by atoms with E-state index < -0.39 is 0 Å². The lowest BCUT2D eigenvalue weighted by Crippen LogP contribution is -1.83. The van der Waals surface area contributed by atoms with Crippen molar-refractivity contribution in [2.75, 3.05) is 0 Å². The summed E-state index contributed by atoms with van der Waals surface area (Å²) >= 11 is 0. The third kappa shape index (κ3) is 1.92. The molecule has 2 rings (SSSR count). The van der Waals surface area contributed by atoms with Crippen LogP contribution in [0.1, 0.15) is 10.4 Å². The van der Waals surface area contributed by atoms with Crippen LogP contribution in [0.5, 0.6) is 0 Å². The van der Waals surface area contributed by atoms with Crippen molar-refractivity contribution < 1.29 is 4.79 Å². The zero-order chi connectivity index (χ0) is 8.39. The van der Waals surface area contributed by atoms with Crippen LogP contribution in [0.25, 0.3) is 10.9 Å². The second-order valence-corrected chi connectivity index (χ2v) is 2.58. The highest BCUT2D eigenvalue weighted by Crippen LogP contribution is 2.10. The second kappa shape index (κ2) is 4.14. The van der Waals surface area contributed by atoms with Gasteiger partial charge in [-0.3, -0.25) is 9.78 Å². The molecular formula is C10H8BrNO. The van der Waals surface area contributed by atoms with E-state index in [4.69, 9.17) is 0 Å². The lowest BCUT2D eigenvalue weighted by Gasteiger charge is -1.95. The number of aldehydes is 1. The van der Waals surface area contributed by atoms with E-state index in [0.717, 1.165) is 17.2 Å². The molecule has 3 heteroatoms. The maximum absolute atomic E-state index is 10.4. The van der Waals surface area contributed by atoms with E-state index in [1.165, 1.54) is 0 Å². The number of rotatable bonds is 1. The number of hydrogen-bond donors (Lipinski definition) is 0. The first-order valence-electron chi connectivity index (χ1n) is 3.70. The summed E-state index contributed by atoms with van der Waals surface area (Å²) < 4.78 is 0.